The molecule has 0 bridgehead atoms. The van der Waals surface area contributed by atoms with Crippen LogP contribution in [0.1, 0.15) is 0 Å². The molecular formula is C6H14O6P-. The lowest BCUT2D eigenvalue weighted by Crippen LogP contribution is -2.13. The van der Waals surface area contributed by atoms with Crippen LogP contribution in [0.4, 0.5) is 0 Å². The fraction of sp³-hybridized carbons (Fsp3) is 1.00. The monoisotopic (exact) mass is 213 g/mol. The van der Waals surface area contributed by atoms with Gasteiger partial charge in [0.1, 0.15) is 0 Å². The Morgan fingerprint density at radius 1 is 1.00 bits per heavy atom. The van der Waals surface area contributed by atoms with E-state index in [1.54, 1.807) is 0 Å². The quantitative estimate of drug-likeness (QED) is 0.410. The number of ether oxygens (including phenoxy) is 2. The number of rotatable bonds is 8. The van der Waals surface area contributed by atoms with Gasteiger partial charge >= 0.3 is 0 Å². The van der Waals surface area contributed by atoms with Crippen LogP contribution in [0.3, 0.4) is 0 Å². The van der Waals surface area contributed by atoms with Crippen molar-refractivity contribution in [3.8, 4) is 0 Å². The lowest BCUT2D eigenvalue weighted by molar-refractivity contribution is -0.226. The van der Waals surface area contributed by atoms with Crippen molar-refractivity contribution in [2.75, 3.05) is 40.6 Å². The van der Waals surface area contributed by atoms with Crippen molar-refractivity contribution in [2.24, 2.45) is 0 Å². The summed E-state index contributed by atoms with van der Waals surface area (Å²) in [5.41, 5.74) is 0. The van der Waals surface area contributed by atoms with Crippen LogP contribution in [-0.4, -0.2) is 40.6 Å². The maximum atomic E-state index is 10.9. The minimum absolute atomic E-state index is 0.0374. The Bertz CT molecular complexity index is 147. The Labute approximate surface area is 77.4 Å². The SMILES string of the molecule is COCCOP(=O)([O-])OCCOC. The Morgan fingerprint density at radius 2 is 1.38 bits per heavy atom. The second-order valence-corrected chi connectivity index (χ2v) is 3.51. The van der Waals surface area contributed by atoms with Gasteiger partial charge in [-0.3, -0.25) is 4.57 Å². The molecule has 0 fully saturated rings. The van der Waals surface area contributed by atoms with E-state index in [1.807, 2.05) is 0 Å². The molecule has 0 saturated carbocycles. The molecule has 13 heavy (non-hydrogen) atoms. The molecule has 0 heterocycles. The van der Waals surface area contributed by atoms with Crippen molar-refractivity contribution in [3.63, 3.8) is 0 Å². The first-order chi connectivity index (χ1) is 6.12. The van der Waals surface area contributed by atoms with E-state index in [4.69, 9.17) is 0 Å². The summed E-state index contributed by atoms with van der Waals surface area (Å²) < 4.78 is 28.9. The summed E-state index contributed by atoms with van der Waals surface area (Å²) in [6.45, 7) is 0.342. The summed E-state index contributed by atoms with van der Waals surface area (Å²) >= 11 is 0. The molecule has 6 nitrogen and oxygen atoms in total. The van der Waals surface area contributed by atoms with Crippen molar-refractivity contribution in [2.45, 2.75) is 0 Å². The topological polar surface area (TPSA) is 77.1 Å². The van der Waals surface area contributed by atoms with E-state index in [-0.39, 0.29) is 26.4 Å². The minimum atomic E-state index is -4.16. The molecule has 0 aromatic carbocycles. The summed E-state index contributed by atoms with van der Waals surface area (Å²) in [7, 11) is -1.26. The molecule has 0 rings (SSSR count). The largest absolute Gasteiger partial charge is 0.756 e. The summed E-state index contributed by atoms with van der Waals surface area (Å²) in [5, 5.41) is 0. The van der Waals surface area contributed by atoms with E-state index >= 15 is 0 Å². The van der Waals surface area contributed by atoms with Crippen LogP contribution in [0, 0.1) is 0 Å². The van der Waals surface area contributed by atoms with Gasteiger partial charge < -0.3 is 23.4 Å². The van der Waals surface area contributed by atoms with Crippen molar-refractivity contribution >= 4 is 7.82 Å². The highest BCUT2D eigenvalue weighted by atomic mass is 31.2. The molecule has 80 valence electrons. The number of methoxy groups -OCH3 is 2. The first kappa shape index (κ1) is 13.0. The molecule has 0 radical (unpaired) electrons. The molecule has 0 atom stereocenters. The summed E-state index contributed by atoms with van der Waals surface area (Å²) in [6.07, 6.45) is 0. The van der Waals surface area contributed by atoms with Gasteiger partial charge in [0, 0.05) is 14.2 Å². The number of phosphoric acid groups is 1. The van der Waals surface area contributed by atoms with Crippen LogP contribution in [0.2, 0.25) is 0 Å². The maximum Gasteiger partial charge on any atom is 0.268 e. The van der Waals surface area contributed by atoms with Gasteiger partial charge in [0.15, 0.2) is 0 Å². The highest BCUT2D eigenvalue weighted by Gasteiger charge is 2.07. The van der Waals surface area contributed by atoms with Gasteiger partial charge in [0.25, 0.3) is 7.82 Å². The Balaban J connectivity index is 3.49. The van der Waals surface area contributed by atoms with E-state index in [0.29, 0.717) is 0 Å². The van der Waals surface area contributed by atoms with Crippen molar-refractivity contribution in [1.29, 1.82) is 0 Å². The molecular weight excluding hydrogens is 199 g/mol. The third kappa shape index (κ3) is 8.36. The first-order valence-electron chi connectivity index (χ1n) is 3.70. The molecule has 0 aromatic heterocycles. The zero-order valence-electron chi connectivity index (χ0n) is 7.73. The van der Waals surface area contributed by atoms with Gasteiger partial charge in [-0.15, -0.1) is 0 Å². The normalized spacial score (nSPS) is 11.9. The van der Waals surface area contributed by atoms with E-state index in [0.717, 1.165) is 0 Å². The van der Waals surface area contributed by atoms with Crippen molar-refractivity contribution < 1.29 is 28.0 Å². The summed E-state index contributed by atoms with van der Waals surface area (Å²) in [6, 6.07) is 0. The predicted molar refractivity (Wildman–Crippen MR) is 43.3 cm³/mol. The fourth-order valence-electron chi connectivity index (χ4n) is 0.502. The van der Waals surface area contributed by atoms with Crippen LogP contribution in [-0.2, 0) is 23.1 Å². The second-order valence-electron chi connectivity index (χ2n) is 2.10. The molecule has 0 aliphatic heterocycles. The summed E-state index contributed by atoms with van der Waals surface area (Å²) in [4.78, 5) is 10.9. The molecule has 0 amide bonds. The Hall–Kier alpha value is 0.0300. The maximum absolute atomic E-state index is 10.9. The Kier molecular flexibility index (Phi) is 7.45. The third-order valence-corrected chi connectivity index (χ3v) is 2.07. The van der Waals surface area contributed by atoms with E-state index < -0.39 is 7.82 Å². The lowest BCUT2D eigenvalue weighted by atomic mass is 10.8. The average molecular weight is 213 g/mol. The molecule has 7 heteroatoms. The van der Waals surface area contributed by atoms with Crippen LogP contribution >= 0.6 is 7.82 Å². The highest BCUT2D eigenvalue weighted by Crippen LogP contribution is 2.37. The number of hydrogen-bond donors (Lipinski definition) is 0. The molecule has 0 aliphatic carbocycles. The number of phosphoric ester groups is 1. The van der Waals surface area contributed by atoms with Gasteiger partial charge in [-0.2, -0.15) is 0 Å². The van der Waals surface area contributed by atoms with E-state index in [1.165, 1.54) is 14.2 Å². The Morgan fingerprint density at radius 3 is 1.69 bits per heavy atom. The van der Waals surface area contributed by atoms with Gasteiger partial charge in [-0.05, 0) is 0 Å². The van der Waals surface area contributed by atoms with Crippen molar-refractivity contribution in [3.05, 3.63) is 0 Å². The predicted octanol–water partition coefficient (Wildman–Crippen LogP) is -0.219. The van der Waals surface area contributed by atoms with Gasteiger partial charge in [0.05, 0.1) is 26.4 Å². The number of hydrogen-bond acceptors (Lipinski definition) is 6. The first-order valence-corrected chi connectivity index (χ1v) is 5.16. The molecule has 0 spiro atoms. The highest BCUT2D eigenvalue weighted by molar-refractivity contribution is 7.45. The molecule has 0 saturated heterocycles. The minimum Gasteiger partial charge on any atom is -0.756 e. The molecule has 0 aromatic rings. The fourth-order valence-corrected chi connectivity index (χ4v) is 1.17. The van der Waals surface area contributed by atoms with Crippen LogP contribution in [0.25, 0.3) is 0 Å². The van der Waals surface area contributed by atoms with Crippen LogP contribution in [0.5, 0.6) is 0 Å². The average Bonchev–Trinajstić information content (AvgIpc) is 2.05. The molecule has 0 unspecified atom stereocenters. The summed E-state index contributed by atoms with van der Waals surface area (Å²) in [5.74, 6) is 0. The van der Waals surface area contributed by atoms with E-state index in [2.05, 4.69) is 18.5 Å². The molecule has 0 N–H and O–H groups in total. The lowest BCUT2D eigenvalue weighted by Gasteiger charge is -2.22. The van der Waals surface area contributed by atoms with Crippen LogP contribution < -0.4 is 4.89 Å². The van der Waals surface area contributed by atoms with Crippen molar-refractivity contribution in [1.82, 2.24) is 0 Å². The standard InChI is InChI=1S/C6H15O6P/c1-9-3-5-11-13(7,8)12-6-4-10-2/h3-6H2,1-2H3,(H,7,8)/p-1. The zero-order valence-corrected chi connectivity index (χ0v) is 8.62. The smallest absolute Gasteiger partial charge is 0.268 e. The van der Waals surface area contributed by atoms with E-state index in [9.17, 15) is 9.46 Å². The van der Waals surface area contributed by atoms with Gasteiger partial charge in [0.2, 0.25) is 0 Å². The third-order valence-electron chi connectivity index (χ3n) is 1.07. The van der Waals surface area contributed by atoms with Gasteiger partial charge in [-0.1, -0.05) is 0 Å². The molecule has 0 aliphatic rings. The van der Waals surface area contributed by atoms with Gasteiger partial charge in [-0.25, -0.2) is 0 Å². The second kappa shape index (κ2) is 7.44. The van der Waals surface area contributed by atoms with Crippen LogP contribution in [0.15, 0.2) is 0 Å². The zero-order chi connectivity index (χ0) is 10.2.